The molecule has 1 saturated heterocycles. The van der Waals surface area contributed by atoms with E-state index in [0.717, 1.165) is 25.9 Å². The van der Waals surface area contributed by atoms with Crippen molar-refractivity contribution in [2.45, 2.75) is 38.3 Å². The number of ether oxygens (including phenoxy) is 1. The summed E-state index contributed by atoms with van der Waals surface area (Å²) in [4.78, 5) is 13.5. The molecule has 1 aliphatic rings. The van der Waals surface area contributed by atoms with Crippen molar-refractivity contribution in [1.82, 2.24) is 4.90 Å². The Balaban J connectivity index is 2.37. The van der Waals surface area contributed by atoms with Crippen LogP contribution < -0.4 is 5.73 Å². The summed E-state index contributed by atoms with van der Waals surface area (Å²) in [6.45, 7) is 3.50. The summed E-state index contributed by atoms with van der Waals surface area (Å²) in [5.74, 6) is 0.0852. The normalized spacial score (nSPS) is 20.9. The third-order valence-electron chi connectivity index (χ3n) is 2.84. The lowest BCUT2D eigenvalue weighted by molar-refractivity contribution is -0.134. The fraction of sp³-hybridized carbons (Fsp3) is 0.900. The minimum absolute atomic E-state index is 0.0852. The summed E-state index contributed by atoms with van der Waals surface area (Å²) in [6, 6.07) is -0.325. The molecule has 1 atom stereocenters. The summed E-state index contributed by atoms with van der Waals surface area (Å²) in [6.07, 6.45) is 2.89. The number of likely N-dealkylation sites (tertiary alicyclic amines) is 1. The molecule has 82 valence electrons. The van der Waals surface area contributed by atoms with Crippen LogP contribution in [-0.2, 0) is 9.53 Å². The van der Waals surface area contributed by atoms with E-state index < -0.39 is 0 Å². The maximum atomic E-state index is 11.7. The van der Waals surface area contributed by atoms with Crippen molar-refractivity contribution < 1.29 is 9.53 Å². The van der Waals surface area contributed by atoms with Crippen molar-refractivity contribution in [3.05, 3.63) is 0 Å². The molecule has 0 aliphatic carbocycles. The SMILES string of the molecule is CC[C@H](N)C(=O)N1CCC(OC)CC1. The van der Waals surface area contributed by atoms with E-state index in [4.69, 9.17) is 10.5 Å². The summed E-state index contributed by atoms with van der Waals surface area (Å²) in [7, 11) is 1.72. The molecule has 14 heavy (non-hydrogen) atoms. The number of carbonyl (C=O) groups excluding carboxylic acids is 1. The van der Waals surface area contributed by atoms with Gasteiger partial charge in [0.2, 0.25) is 5.91 Å². The maximum absolute atomic E-state index is 11.7. The van der Waals surface area contributed by atoms with Gasteiger partial charge in [-0.2, -0.15) is 0 Å². The van der Waals surface area contributed by atoms with E-state index in [1.165, 1.54) is 0 Å². The number of nitrogens with two attached hydrogens (primary N) is 1. The lowest BCUT2D eigenvalue weighted by atomic mass is 10.1. The average Bonchev–Trinajstić information content (AvgIpc) is 2.27. The van der Waals surface area contributed by atoms with E-state index in [0.29, 0.717) is 12.5 Å². The summed E-state index contributed by atoms with van der Waals surface area (Å²) >= 11 is 0. The summed E-state index contributed by atoms with van der Waals surface area (Å²) in [5.41, 5.74) is 5.69. The third-order valence-corrected chi connectivity index (χ3v) is 2.84. The number of carbonyl (C=O) groups is 1. The molecule has 0 spiro atoms. The number of methoxy groups -OCH3 is 1. The standard InChI is InChI=1S/C10H20N2O2/c1-3-9(11)10(13)12-6-4-8(14-2)5-7-12/h8-9H,3-7,11H2,1-2H3/t9-/m0/s1. The van der Waals surface area contributed by atoms with Crippen LogP contribution in [0.4, 0.5) is 0 Å². The van der Waals surface area contributed by atoms with Gasteiger partial charge in [0.05, 0.1) is 12.1 Å². The highest BCUT2D eigenvalue weighted by atomic mass is 16.5. The molecule has 0 saturated carbocycles. The van der Waals surface area contributed by atoms with Gasteiger partial charge in [0.1, 0.15) is 0 Å². The molecule has 1 heterocycles. The predicted molar refractivity (Wildman–Crippen MR) is 54.9 cm³/mol. The van der Waals surface area contributed by atoms with Crippen LogP contribution in [0.1, 0.15) is 26.2 Å². The highest BCUT2D eigenvalue weighted by molar-refractivity contribution is 5.81. The van der Waals surface area contributed by atoms with Crippen molar-refractivity contribution >= 4 is 5.91 Å². The predicted octanol–water partition coefficient (Wildman–Crippen LogP) is 0.361. The zero-order valence-electron chi connectivity index (χ0n) is 9.03. The van der Waals surface area contributed by atoms with Crippen LogP contribution in [0.25, 0.3) is 0 Å². The summed E-state index contributed by atoms with van der Waals surface area (Å²) < 4.78 is 5.24. The van der Waals surface area contributed by atoms with E-state index >= 15 is 0 Å². The lowest BCUT2D eigenvalue weighted by Crippen LogP contribution is -2.47. The molecule has 1 aliphatic heterocycles. The lowest BCUT2D eigenvalue weighted by Gasteiger charge is -2.32. The van der Waals surface area contributed by atoms with Crippen LogP contribution >= 0.6 is 0 Å². The van der Waals surface area contributed by atoms with Gasteiger partial charge in [-0.25, -0.2) is 0 Å². The Kier molecular flexibility index (Phi) is 4.35. The largest absolute Gasteiger partial charge is 0.381 e. The van der Waals surface area contributed by atoms with Gasteiger partial charge in [-0.3, -0.25) is 4.79 Å². The molecular weight excluding hydrogens is 180 g/mol. The molecule has 1 amide bonds. The Labute approximate surface area is 85.4 Å². The van der Waals surface area contributed by atoms with Crippen molar-refractivity contribution in [3.63, 3.8) is 0 Å². The fourth-order valence-corrected chi connectivity index (χ4v) is 1.72. The molecule has 0 aromatic carbocycles. The van der Waals surface area contributed by atoms with Crippen LogP contribution in [0.5, 0.6) is 0 Å². The Hall–Kier alpha value is -0.610. The van der Waals surface area contributed by atoms with Gasteiger partial charge in [0.15, 0.2) is 0 Å². The first-order chi connectivity index (χ1) is 6.69. The van der Waals surface area contributed by atoms with Crippen LogP contribution in [0.15, 0.2) is 0 Å². The maximum Gasteiger partial charge on any atom is 0.239 e. The van der Waals surface area contributed by atoms with Gasteiger partial charge in [-0.05, 0) is 19.3 Å². The minimum atomic E-state index is -0.325. The topological polar surface area (TPSA) is 55.6 Å². The molecule has 4 heteroatoms. The molecule has 1 rings (SSSR count). The minimum Gasteiger partial charge on any atom is -0.381 e. The van der Waals surface area contributed by atoms with Gasteiger partial charge in [0.25, 0.3) is 0 Å². The highest BCUT2D eigenvalue weighted by Gasteiger charge is 2.25. The molecule has 1 fully saturated rings. The van der Waals surface area contributed by atoms with Gasteiger partial charge >= 0.3 is 0 Å². The number of piperidine rings is 1. The van der Waals surface area contributed by atoms with Crippen LogP contribution in [-0.4, -0.2) is 43.2 Å². The zero-order valence-corrected chi connectivity index (χ0v) is 9.03. The molecule has 4 nitrogen and oxygen atoms in total. The zero-order chi connectivity index (χ0) is 10.6. The molecular formula is C10H20N2O2. The van der Waals surface area contributed by atoms with Crippen LogP contribution in [0, 0.1) is 0 Å². The van der Waals surface area contributed by atoms with E-state index in [9.17, 15) is 4.79 Å². The Morgan fingerprint density at radius 1 is 1.57 bits per heavy atom. The van der Waals surface area contributed by atoms with Gasteiger partial charge in [-0.15, -0.1) is 0 Å². The van der Waals surface area contributed by atoms with E-state index in [1.54, 1.807) is 7.11 Å². The smallest absolute Gasteiger partial charge is 0.239 e. The second-order valence-electron chi connectivity index (χ2n) is 3.78. The summed E-state index contributed by atoms with van der Waals surface area (Å²) in [5, 5.41) is 0. The van der Waals surface area contributed by atoms with Crippen molar-refractivity contribution in [2.24, 2.45) is 5.73 Å². The number of hydrogen-bond donors (Lipinski definition) is 1. The number of amides is 1. The average molecular weight is 200 g/mol. The van der Waals surface area contributed by atoms with E-state index in [-0.39, 0.29) is 11.9 Å². The third kappa shape index (κ3) is 2.69. The van der Waals surface area contributed by atoms with Crippen LogP contribution in [0.3, 0.4) is 0 Å². The number of rotatable bonds is 3. The Morgan fingerprint density at radius 3 is 2.57 bits per heavy atom. The molecule has 0 aromatic heterocycles. The fourth-order valence-electron chi connectivity index (χ4n) is 1.72. The van der Waals surface area contributed by atoms with E-state index in [1.807, 2.05) is 11.8 Å². The quantitative estimate of drug-likeness (QED) is 0.715. The van der Waals surface area contributed by atoms with Gasteiger partial charge < -0.3 is 15.4 Å². The first-order valence-electron chi connectivity index (χ1n) is 5.26. The number of nitrogens with zero attached hydrogens (tertiary/aromatic N) is 1. The van der Waals surface area contributed by atoms with Crippen molar-refractivity contribution in [2.75, 3.05) is 20.2 Å². The first-order valence-corrected chi connectivity index (χ1v) is 5.26. The molecule has 0 radical (unpaired) electrons. The Bertz CT molecular complexity index is 189. The first kappa shape index (κ1) is 11.5. The number of hydrogen-bond acceptors (Lipinski definition) is 3. The van der Waals surface area contributed by atoms with E-state index in [2.05, 4.69) is 0 Å². The van der Waals surface area contributed by atoms with Gasteiger partial charge in [0, 0.05) is 20.2 Å². The molecule has 0 unspecified atom stereocenters. The van der Waals surface area contributed by atoms with Crippen molar-refractivity contribution in [3.8, 4) is 0 Å². The monoisotopic (exact) mass is 200 g/mol. The molecule has 0 bridgehead atoms. The van der Waals surface area contributed by atoms with Crippen molar-refractivity contribution in [1.29, 1.82) is 0 Å². The molecule has 0 aromatic rings. The molecule has 2 N–H and O–H groups in total. The van der Waals surface area contributed by atoms with Gasteiger partial charge in [-0.1, -0.05) is 6.92 Å². The second-order valence-corrected chi connectivity index (χ2v) is 3.78. The van der Waals surface area contributed by atoms with Crippen LogP contribution in [0.2, 0.25) is 0 Å². The highest BCUT2D eigenvalue weighted by Crippen LogP contribution is 2.13. The second kappa shape index (κ2) is 5.32. The Morgan fingerprint density at radius 2 is 2.14 bits per heavy atom.